The van der Waals surface area contributed by atoms with Crippen LogP contribution in [-0.4, -0.2) is 57.1 Å². The lowest BCUT2D eigenvalue weighted by Crippen LogP contribution is -2.49. The van der Waals surface area contributed by atoms with Crippen molar-refractivity contribution < 1.29 is 22.7 Å². The van der Waals surface area contributed by atoms with E-state index in [4.69, 9.17) is 16.3 Å². The fraction of sp³-hybridized carbons (Fsp3) is 0.440. The molecular formula is C25H34ClN3O5S. The Kier molecular flexibility index (Phi) is 10.4. The largest absolute Gasteiger partial charge is 0.495 e. The fourth-order valence-electron chi connectivity index (χ4n) is 3.62. The van der Waals surface area contributed by atoms with Gasteiger partial charge in [-0.2, -0.15) is 0 Å². The first-order valence-electron chi connectivity index (χ1n) is 11.4. The number of sulfonamides is 1. The number of nitrogens with one attached hydrogen (secondary N) is 1. The molecule has 2 aromatic carbocycles. The number of anilines is 1. The Bertz CT molecular complexity index is 1120. The summed E-state index contributed by atoms with van der Waals surface area (Å²) in [6.45, 7) is 5.61. The fourth-order valence-corrected chi connectivity index (χ4v) is 4.78. The molecule has 2 aromatic rings. The first kappa shape index (κ1) is 28.5. The number of hydrogen-bond acceptors (Lipinski definition) is 5. The first-order valence-corrected chi connectivity index (χ1v) is 13.6. The average Bonchev–Trinajstić information content (AvgIpc) is 2.79. The molecule has 192 valence electrons. The zero-order valence-electron chi connectivity index (χ0n) is 20.8. The van der Waals surface area contributed by atoms with E-state index in [2.05, 4.69) is 5.32 Å². The maximum absolute atomic E-state index is 13.3. The van der Waals surface area contributed by atoms with Gasteiger partial charge in [-0.05, 0) is 51.0 Å². The smallest absolute Gasteiger partial charge is 0.242 e. The number of ether oxygens (including phenoxy) is 1. The minimum Gasteiger partial charge on any atom is -0.495 e. The normalized spacial score (nSPS) is 12.2. The summed E-state index contributed by atoms with van der Waals surface area (Å²) < 4.78 is 31.5. The number of benzene rings is 2. The number of rotatable bonds is 12. The molecule has 0 saturated carbocycles. The third-order valence-corrected chi connectivity index (χ3v) is 6.95. The van der Waals surface area contributed by atoms with Gasteiger partial charge in [-0.1, -0.05) is 41.9 Å². The highest BCUT2D eigenvalue weighted by Crippen LogP contribution is 2.30. The van der Waals surface area contributed by atoms with Gasteiger partial charge >= 0.3 is 0 Å². The summed E-state index contributed by atoms with van der Waals surface area (Å²) in [7, 11) is -2.15. The van der Waals surface area contributed by atoms with Gasteiger partial charge in [-0.15, -0.1) is 0 Å². The van der Waals surface area contributed by atoms with Gasteiger partial charge in [-0.25, -0.2) is 8.42 Å². The van der Waals surface area contributed by atoms with Crippen LogP contribution in [0.1, 0.15) is 39.2 Å². The number of para-hydroxylation sites is 2. The molecule has 0 aromatic heterocycles. The van der Waals surface area contributed by atoms with Crippen molar-refractivity contribution in [3.63, 3.8) is 0 Å². The van der Waals surface area contributed by atoms with Crippen LogP contribution in [0, 0.1) is 0 Å². The average molecular weight is 524 g/mol. The van der Waals surface area contributed by atoms with Crippen LogP contribution in [0.2, 0.25) is 5.02 Å². The molecular weight excluding hydrogens is 490 g/mol. The van der Waals surface area contributed by atoms with Gasteiger partial charge < -0.3 is 15.0 Å². The van der Waals surface area contributed by atoms with Crippen LogP contribution >= 0.6 is 11.6 Å². The number of nitrogens with zero attached hydrogens (tertiary/aromatic N) is 2. The summed E-state index contributed by atoms with van der Waals surface area (Å²) in [5.74, 6) is -0.124. The van der Waals surface area contributed by atoms with Gasteiger partial charge in [-0.3, -0.25) is 13.9 Å². The van der Waals surface area contributed by atoms with Crippen LogP contribution in [0.15, 0.2) is 48.5 Å². The molecule has 10 heteroatoms. The van der Waals surface area contributed by atoms with E-state index < -0.39 is 16.1 Å². The Labute approximate surface area is 213 Å². The van der Waals surface area contributed by atoms with Crippen molar-refractivity contribution in [3.05, 3.63) is 59.1 Å². The van der Waals surface area contributed by atoms with E-state index in [1.807, 2.05) is 26.0 Å². The Balaban J connectivity index is 2.21. The van der Waals surface area contributed by atoms with E-state index >= 15 is 0 Å². The van der Waals surface area contributed by atoms with E-state index in [0.29, 0.717) is 16.5 Å². The zero-order valence-corrected chi connectivity index (χ0v) is 22.4. The zero-order chi connectivity index (χ0) is 26.2. The van der Waals surface area contributed by atoms with Gasteiger partial charge in [0.05, 0.1) is 19.1 Å². The van der Waals surface area contributed by atoms with Crippen LogP contribution in [0.3, 0.4) is 0 Å². The van der Waals surface area contributed by atoms with Gasteiger partial charge in [0.2, 0.25) is 21.8 Å². The van der Waals surface area contributed by atoms with E-state index in [-0.39, 0.29) is 43.8 Å². The van der Waals surface area contributed by atoms with Gasteiger partial charge in [0, 0.05) is 30.6 Å². The van der Waals surface area contributed by atoms with Crippen molar-refractivity contribution in [2.45, 2.75) is 52.2 Å². The van der Waals surface area contributed by atoms with Crippen molar-refractivity contribution in [2.24, 2.45) is 0 Å². The Morgan fingerprint density at radius 3 is 2.29 bits per heavy atom. The van der Waals surface area contributed by atoms with Crippen molar-refractivity contribution in [3.8, 4) is 5.75 Å². The second-order valence-corrected chi connectivity index (χ2v) is 10.9. The summed E-state index contributed by atoms with van der Waals surface area (Å²) in [6, 6.07) is 13.2. The minimum atomic E-state index is -3.62. The SMILES string of the molecule is COc1ccccc1N(CCCC(=O)N(Cc1ccccc1Cl)[C@H](C)C(=O)NC(C)C)S(C)(=O)=O. The third-order valence-electron chi connectivity index (χ3n) is 5.40. The quantitative estimate of drug-likeness (QED) is 0.456. The molecule has 0 aliphatic rings. The third kappa shape index (κ3) is 8.14. The highest BCUT2D eigenvalue weighted by atomic mass is 35.5. The maximum Gasteiger partial charge on any atom is 0.242 e. The topological polar surface area (TPSA) is 96.0 Å². The van der Waals surface area contributed by atoms with E-state index in [0.717, 1.165) is 11.8 Å². The predicted octanol–water partition coefficient (Wildman–Crippen LogP) is 3.84. The Morgan fingerprint density at radius 1 is 1.06 bits per heavy atom. The predicted molar refractivity (Wildman–Crippen MR) is 139 cm³/mol. The van der Waals surface area contributed by atoms with Crippen LogP contribution in [0.5, 0.6) is 5.75 Å². The molecule has 2 rings (SSSR count). The molecule has 0 saturated heterocycles. The number of amides is 2. The molecule has 1 atom stereocenters. The lowest BCUT2D eigenvalue weighted by Gasteiger charge is -2.30. The first-order chi connectivity index (χ1) is 16.5. The molecule has 0 aliphatic carbocycles. The summed E-state index contributed by atoms with van der Waals surface area (Å²) in [4.78, 5) is 27.5. The highest BCUT2D eigenvalue weighted by Gasteiger charge is 2.28. The second kappa shape index (κ2) is 12.8. The number of carbonyl (C=O) groups excluding carboxylic acids is 2. The summed E-state index contributed by atoms with van der Waals surface area (Å²) in [5.41, 5.74) is 1.13. The molecule has 0 unspecified atom stereocenters. The van der Waals surface area contributed by atoms with Crippen LogP contribution in [-0.2, 0) is 26.2 Å². The van der Waals surface area contributed by atoms with E-state index in [1.165, 1.54) is 16.3 Å². The molecule has 0 fully saturated rings. The number of halogens is 1. The van der Waals surface area contributed by atoms with Crippen LogP contribution < -0.4 is 14.4 Å². The van der Waals surface area contributed by atoms with Crippen molar-refractivity contribution >= 4 is 39.1 Å². The van der Waals surface area contributed by atoms with Crippen molar-refractivity contribution in [2.75, 3.05) is 24.2 Å². The highest BCUT2D eigenvalue weighted by molar-refractivity contribution is 7.92. The minimum absolute atomic E-state index is 0.0465. The molecule has 0 heterocycles. The summed E-state index contributed by atoms with van der Waals surface area (Å²) in [5, 5.41) is 3.34. The van der Waals surface area contributed by atoms with Crippen LogP contribution in [0.25, 0.3) is 0 Å². The number of hydrogen-bond donors (Lipinski definition) is 1. The molecule has 8 nitrogen and oxygen atoms in total. The molecule has 1 N–H and O–H groups in total. The number of carbonyl (C=O) groups is 2. The van der Waals surface area contributed by atoms with Gasteiger partial charge in [0.25, 0.3) is 0 Å². The van der Waals surface area contributed by atoms with Crippen molar-refractivity contribution in [1.82, 2.24) is 10.2 Å². The monoisotopic (exact) mass is 523 g/mol. The molecule has 0 spiro atoms. The number of methoxy groups -OCH3 is 1. The molecule has 0 radical (unpaired) electrons. The van der Waals surface area contributed by atoms with E-state index in [9.17, 15) is 18.0 Å². The Morgan fingerprint density at radius 2 is 1.69 bits per heavy atom. The van der Waals surface area contributed by atoms with Gasteiger partial charge in [0.15, 0.2) is 0 Å². The van der Waals surface area contributed by atoms with E-state index in [1.54, 1.807) is 43.3 Å². The summed E-state index contributed by atoms with van der Waals surface area (Å²) >= 11 is 6.31. The maximum atomic E-state index is 13.3. The molecule has 2 amide bonds. The Hall–Kier alpha value is -2.78. The summed E-state index contributed by atoms with van der Waals surface area (Å²) in [6.07, 6.45) is 1.41. The van der Waals surface area contributed by atoms with Gasteiger partial charge in [0.1, 0.15) is 11.8 Å². The second-order valence-electron chi connectivity index (χ2n) is 8.56. The standard InChI is InChI=1S/C25H34ClN3O5S/c1-18(2)27-25(31)19(3)28(17-20-11-6-7-12-21(20)26)24(30)15-10-16-29(35(5,32)33)22-13-8-9-14-23(22)34-4/h6-9,11-14,18-19H,10,15-17H2,1-5H3,(H,27,31)/t19-/m1/s1. The lowest BCUT2D eigenvalue weighted by molar-refractivity contribution is -0.140. The van der Waals surface area contributed by atoms with Crippen molar-refractivity contribution in [1.29, 1.82) is 0 Å². The van der Waals surface area contributed by atoms with Crippen LogP contribution in [0.4, 0.5) is 5.69 Å². The molecule has 0 aliphatic heterocycles. The molecule has 0 bridgehead atoms. The molecule has 35 heavy (non-hydrogen) atoms. The lowest BCUT2D eigenvalue weighted by atomic mass is 10.1.